The van der Waals surface area contributed by atoms with Crippen molar-refractivity contribution in [1.29, 1.82) is 0 Å². The Morgan fingerprint density at radius 3 is 2.32 bits per heavy atom. The number of hydrogen-bond acceptors (Lipinski definition) is 4. The summed E-state index contributed by atoms with van der Waals surface area (Å²) in [5.41, 5.74) is 4.94. The van der Waals surface area contributed by atoms with Crippen molar-refractivity contribution in [1.82, 2.24) is 15.5 Å². The minimum Gasteiger partial charge on any atom is -0.480 e. The fourth-order valence-electron chi connectivity index (χ4n) is 1.18. The van der Waals surface area contributed by atoms with Gasteiger partial charge < -0.3 is 26.4 Å². The number of urea groups is 1. The van der Waals surface area contributed by atoms with Crippen LogP contribution in [0.1, 0.15) is 19.8 Å². The van der Waals surface area contributed by atoms with Crippen LogP contribution in [0.3, 0.4) is 0 Å². The number of hydrogen-bond donors (Lipinski definition) is 4. The molecule has 0 aliphatic heterocycles. The van der Waals surface area contributed by atoms with E-state index in [1.165, 1.54) is 0 Å². The summed E-state index contributed by atoms with van der Waals surface area (Å²) in [5, 5.41) is 13.8. The summed E-state index contributed by atoms with van der Waals surface area (Å²) in [5.74, 6) is -1.80. The molecule has 19 heavy (non-hydrogen) atoms. The van der Waals surface area contributed by atoms with Crippen molar-refractivity contribution in [2.75, 3.05) is 20.6 Å². The quantitative estimate of drug-likeness (QED) is 0.449. The first-order valence-electron chi connectivity index (χ1n) is 5.96. The van der Waals surface area contributed by atoms with Gasteiger partial charge in [-0.3, -0.25) is 4.79 Å². The molecule has 0 bridgehead atoms. The van der Waals surface area contributed by atoms with Crippen molar-refractivity contribution in [3.63, 3.8) is 0 Å². The average Bonchev–Trinajstić information content (AvgIpc) is 2.30. The van der Waals surface area contributed by atoms with Gasteiger partial charge in [0.15, 0.2) is 0 Å². The molecule has 8 heteroatoms. The van der Waals surface area contributed by atoms with E-state index in [1.54, 1.807) is 0 Å². The standard InChI is InChI=1S/C11H22N4O4/c1-7(15(2)3)6-13-11(19)14-8(10(17)18)4-5-9(12)16/h7-8H,4-6H2,1-3H3,(H2,12,16)(H,17,18)(H2,13,14,19)/t7?,8-/m1/s1. The Kier molecular flexibility index (Phi) is 7.50. The molecule has 3 amide bonds. The van der Waals surface area contributed by atoms with E-state index in [2.05, 4.69) is 10.6 Å². The van der Waals surface area contributed by atoms with E-state index in [1.807, 2.05) is 25.9 Å². The fourth-order valence-corrected chi connectivity index (χ4v) is 1.18. The molecule has 0 spiro atoms. The second-order valence-corrected chi connectivity index (χ2v) is 4.56. The second kappa shape index (κ2) is 8.30. The van der Waals surface area contributed by atoms with Gasteiger partial charge >= 0.3 is 12.0 Å². The summed E-state index contributed by atoms with van der Waals surface area (Å²) in [7, 11) is 3.74. The van der Waals surface area contributed by atoms with E-state index >= 15 is 0 Å². The van der Waals surface area contributed by atoms with Gasteiger partial charge in [0.1, 0.15) is 6.04 Å². The number of nitrogens with two attached hydrogens (primary N) is 1. The minimum absolute atomic E-state index is 0.0265. The summed E-state index contributed by atoms with van der Waals surface area (Å²) in [4.78, 5) is 34.9. The third-order valence-corrected chi connectivity index (χ3v) is 2.72. The number of carboxylic acid groups (broad SMARTS) is 1. The van der Waals surface area contributed by atoms with Gasteiger partial charge in [0.2, 0.25) is 5.91 Å². The zero-order chi connectivity index (χ0) is 15.0. The van der Waals surface area contributed by atoms with Crippen molar-refractivity contribution in [3.05, 3.63) is 0 Å². The van der Waals surface area contributed by atoms with E-state index in [9.17, 15) is 14.4 Å². The Bertz CT molecular complexity index is 333. The summed E-state index contributed by atoms with van der Waals surface area (Å²) >= 11 is 0. The van der Waals surface area contributed by atoms with Gasteiger partial charge in [0.25, 0.3) is 0 Å². The van der Waals surface area contributed by atoms with Crippen LogP contribution in [0.2, 0.25) is 0 Å². The smallest absolute Gasteiger partial charge is 0.326 e. The molecule has 0 heterocycles. The number of primary amides is 1. The zero-order valence-corrected chi connectivity index (χ0v) is 11.5. The Morgan fingerprint density at radius 2 is 1.89 bits per heavy atom. The molecular weight excluding hydrogens is 252 g/mol. The highest BCUT2D eigenvalue weighted by Crippen LogP contribution is 1.97. The van der Waals surface area contributed by atoms with Gasteiger partial charge in [-0.15, -0.1) is 0 Å². The predicted octanol–water partition coefficient (Wildman–Crippen LogP) is -1.05. The molecule has 0 saturated carbocycles. The molecule has 0 radical (unpaired) electrons. The van der Waals surface area contributed by atoms with Crippen LogP contribution in [0, 0.1) is 0 Å². The van der Waals surface area contributed by atoms with Crippen LogP contribution in [0.25, 0.3) is 0 Å². The number of carboxylic acids is 1. The lowest BCUT2D eigenvalue weighted by atomic mass is 10.1. The van der Waals surface area contributed by atoms with Gasteiger partial charge in [-0.05, 0) is 27.4 Å². The highest BCUT2D eigenvalue weighted by atomic mass is 16.4. The topological polar surface area (TPSA) is 125 Å². The van der Waals surface area contributed by atoms with Crippen molar-refractivity contribution in [2.24, 2.45) is 5.73 Å². The van der Waals surface area contributed by atoms with Crippen LogP contribution < -0.4 is 16.4 Å². The van der Waals surface area contributed by atoms with Crippen LogP contribution in [0.15, 0.2) is 0 Å². The summed E-state index contributed by atoms with van der Waals surface area (Å²) in [6.45, 7) is 2.31. The van der Waals surface area contributed by atoms with Gasteiger partial charge in [0, 0.05) is 19.0 Å². The van der Waals surface area contributed by atoms with Crippen molar-refractivity contribution < 1.29 is 19.5 Å². The third-order valence-electron chi connectivity index (χ3n) is 2.72. The van der Waals surface area contributed by atoms with E-state index in [0.717, 1.165) is 0 Å². The van der Waals surface area contributed by atoms with Crippen LogP contribution >= 0.6 is 0 Å². The first-order chi connectivity index (χ1) is 8.73. The first kappa shape index (κ1) is 17.2. The number of rotatable bonds is 8. The number of carbonyl (C=O) groups excluding carboxylic acids is 2. The lowest BCUT2D eigenvalue weighted by Crippen LogP contribution is -2.49. The Morgan fingerprint density at radius 1 is 1.32 bits per heavy atom. The van der Waals surface area contributed by atoms with E-state index in [4.69, 9.17) is 10.8 Å². The monoisotopic (exact) mass is 274 g/mol. The molecular formula is C11H22N4O4. The van der Waals surface area contributed by atoms with Gasteiger partial charge in [-0.2, -0.15) is 0 Å². The maximum absolute atomic E-state index is 11.5. The normalized spacial score (nSPS) is 13.7. The summed E-state index contributed by atoms with van der Waals surface area (Å²) < 4.78 is 0. The number of carbonyl (C=O) groups is 3. The lowest BCUT2D eigenvalue weighted by molar-refractivity contribution is -0.139. The molecule has 110 valence electrons. The lowest BCUT2D eigenvalue weighted by Gasteiger charge is -2.21. The zero-order valence-electron chi connectivity index (χ0n) is 11.5. The highest BCUT2D eigenvalue weighted by molar-refractivity contribution is 5.83. The number of amides is 3. The number of aliphatic carboxylic acids is 1. The van der Waals surface area contributed by atoms with Crippen molar-refractivity contribution in [2.45, 2.75) is 31.8 Å². The number of likely N-dealkylation sites (N-methyl/N-ethyl adjacent to an activating group) is 1. The van der Waals surface area contributed by atoms with Gasteiger partial charge in [-0.1, -0.05) is 0 Å². The first-order valence-corrected chi connectivity index (χ1v) is 5.96. The van der Waals surface area contributed by atoms with Gasteiger partial charge in [-0.25, -0.2) is 9.59 Å². The maximum atomic E-state index is 11.5. The molecule has 2 atom stereocenters. The molecule has 5 N–H and O–H groups in total. The molecule has 0 aromatic heterocycles. The molecule has 0 rings (SSSR count). The van der Waals surface area contributed by atoms with Crippen molar-refractivity contribution in [3.8, 4) is 0 Å². The number of nitrogens with zero attached hydrogens (tertiary/aromatic N) is 1. The van der Waals surface area contributed by atoms with Crippen LogP contribution in [-0.4, -0.2) is 60.6 Å². The molecule has 0 aliphatic rings. The SMILES string of the molecule is CC(CNC(=O)N[C@H](CCC(N)=O)C(=O)O)N(C)C. The third kappa shape index (κ3) is 7.98. The Hall–Kier alpha value is -1.83. The Labute approximate surface area is 112 Å². The van der Waals surface area contributed by atoms with Crippen LogP contribution in [0.4, 0.5) is 4.79 Å². The molecule has 0 aromatic rings. The Balaban J connectivity index is 4.17. The largest absolute Gasteiger partial charge is 0.480 e. The van der Waals surface area contributed by atoms with E-state index < -0.39 is 23.9 Å². The van der Waals surface area contributed by atoms with Gasteiger partial charge in [0.05, 0.1) is 0 Å². The van der Waals surface area contributed by atoms with Crippen LogP contribution in [-0.2, 0) is 9.59 Å². The minimum atomic E-state index is -1.20. The molecule has 0 saturated heterocycles. The molecule has 8 nitrogen and oxygen atoms in total. The number of nitrogens with one attached hydrogen (secondary N) is 2. The molecule has 0 aromatic carbocycles. The molecule has 0 aliphatic carbocycles. The summed E-state index contributed by atoms with van der Waals surface area (Å²) in [6.07, 6.45) is -0.118. The average molecular weight is 274 g/mol. The molecule has 0 fully saturated rings. The van der Waals surface area contributed by atoms with E-state index in [-0.39, 0.29) is 18.9 Å². The molecule has 1 unspecified atom stereocenters. The maximum Gasteiger partial charge on any atom is 0.326 e. The van der Waals surface area contributed by atoms with Crippen molar-refractivity contribution >= 4 is 17.9 Å². The van der Waals surface area contributed by atoms with Crippen LogP contribution in [0.5, 0.6) is 0 Å². The predicted molar refractivity (Wildman–Crippen MR) is 69.5 cm³/mol. The highest BCUT2D eigenvalue weighted by Gasteiger charge is 2.20. The fraction of sp³-hybridized carbons (Fsp3) is 0.727. The second-order valence-electron chi connectivity index (χ2n) is 4.56. The van der Waals surface area contributed by atoms with E-state index in [0.29, 0.717) is 6.54 Å². The summed E-state index contributed by atoms with van der Waals surface area (Å²) in [6, 6.07) is -1.58.